The topological polar surface area (TPSA) is 75.9 Å². The SMILES string of the molecule is N#Cc1ccc(OC2CCC(CC#CC(=O)c3ccc(Cl)nn3)CC2)cc1Cl. The Morgan fingerprint density at radius 1 is 1.14 bits per heavy atom. The highest BCUT2D eigenvalue weighted by molar-refractivity contribution is 6.31. The van der Waals surface area contributed by atoms with Gasteiger partial charge in [0.2, 0.25) is 0 Å². The number of Topliss-reactive ketones (excluding diaryl/α,β-unsaturated/α-hetero) is 1. The first-order valence-electron chi connectivity index (χ1n) is 8.94. The lowest BCUT2D eigenvalue weighted by molar-refractivity contribution is 0.105. The van der Waals surface area contributed by atoms with Gasteiger partial charge in [0.25, 0.3) is 5.78 Å². The lowest BCUT2D eigenvalue weighted by Gasteiger charge is -2.28. The summed E-state index contributed by atoms with van der Waals surface area (Å²) in [6.07, 6.45) is 4.60. The minimum atomic E-state index is -0.348. The number of hydrogen-bond donors (Lipinski definition) is 0. The highest BCUT2D eigenvalue weighted by atomic mass is 35.5. The Bertz CT molecular complexity index is 950. The molecule has 0 spiro atoms. The Morgan fingerprint density at radius 3 is 2.57 bits per heavy atom. The van der Waals surface area contributed by atoms with E-state index in [1.54, 1.807) is 18.2 Å². The van der Waals surface area contributed by atoms with Crippen LogP contribution in [0.25, 0.3) is 0 Å². The fourth-order valence-electron chi connectivity index (χ4n) is 3.08. The predicted octanol–water partition coefficient (Wildman–Crippen LogP) is 4.87. The lowest BCUT2D eigenvalue weighted by Crippen LogP contribution is -2.24. The summed E-state index contributed by atoms with van der Waals surface area (Å²) >= 11 is 11.7. The summed E-state index contributed by atoms with van der Waals surface area (Å²) in [7, 11) is 0. The maximum atomic E-state index is 12.0. The summed E-state index contributed by atoms with van der Waals surface area (Å²) in [5.41, 5.74) is 0.644. The average Bonchev–Trinajstić information content (AvgIpc) is 2.70. The third-order valence-electron chi connectivity index (χ3n) is 4.61. The van der Waals surface area contributed by atoms with Gasteiger partial charge in [0.1, 0.15) is 17.5 Å². The van der Waals surface area contributed by atoms with Crippen LogP contribution in [0, 0.1) is 29.1 Å². The Hall–Kier alpha value is -2.60. The van der Waals surface area contributed by atoms with Crippen LogP contribution in [0.1, 0.15) is 48.2 Å². The minimum absolute atomic E-state index is 0.124. The number of carbonyl (C=O) groups excluding carboxylic acids is 1. The summed E-state index contributed by atoms with van der Waals surface area (Å²) in [5.74, 6) is 6.37. The zero-order valence-electron chi connectivity index (χ0n) is 15.0. The molecule has 0 amide bonds. The maximum absolute atomic E-state index is 12.0. The summed E-state index contributed by atoms with van der Waals surface area (Å²) in [4.78, 5) is 12.0. The zero-order valence-corrected chi connectivity index (χ0v) is 16.5. The second-order valence-corrected chi connectivity index (χ2v) is 7.38. The summed E-state index contributed by atoms with van der Waals surface area (Å²) in [5, 5.41) is 16.9. The van der Waals surface area contributed by atoms with Gasteiger partial charge in [-0.2, -0.15) is 5.26 Å². The van der Waals surface area contributed by atoms with Crippen molar-refractivity contribution < 1.29 is 9.53 Å². The normalized spacial score (nSPS) is 18.5. The van der Waals surface area contributed by atoms with E-state index in [4.69, 9.17) is 33.2 Å². The van der Waals surface area contributed by atoms with Gasteiger partial charge in [-0.1, -0.05) is 29.1 Å². The second-order valence-electron chi connectivity index (χ2n) is 6.59. The van der Waals surface area contributed by atoms with Crippen LogP contribution in [0.15, 0.2) is 30.3 Å². The number of ether oxygens (including phenoxy) is 1. The van der Waals surface area contributed by atoms with Gasteiger partial charge in [-0.3, -0.25) is 4.79 Å². The Balaban J connectivity index is 1.46. The highest BCUT2D eigenvalue weighted by Crippen LogP contribution is 2.30. The molecule has 7 heteroatoms. The largest absolute Gasteiger partial charge is 0.490 e. The van der Waals surface area contributed by atoms with Gasteiger partial charge in [-0.15, -0.1) is 10.2 Å². The number of nitrogens with zero attached hydrogens (tertiary/aromatic N) is 3. The van der Waals surface area contributed by atoms with Gasteiger partial charge >= 0.3 is 0 Å². The number of benzene rings is 1. The van der Waals surface area contributed by atoms with Gasteiger partial charge in [0.15, 0.2) is 5.15 Å². The molecule has 0 bridgehead atoms. The van der Waals surface area contributed by atoms with Crippen LogP contribution < -0.4 is 4.74 Å². The van der Waals surface area contributed by atoms with Gasteiger partial charge in [-0.05, 0) is 61.8 Å². The molecule has 5 nitrogen and oxygen atoms in total. The van der Waals surface area contributed by atoms with Gasteiger partial charge in [0, 0.05) is 12.5 Å². The van der Waals surface area contributed by atoms with Crippen LogP contribution in [0.5, 0.6) is 5.75 Å². The number of halogens is 2. The fourth-order valence-corrected chi connectivity index (χ4v) is 3.40. The number of hydrogen-bond acceptors (Lipinski definition) is 5. The van der Waals surface area contributed by atoms with E-state index in [1.807, 2.05) is 6.07 Å². The van der Waals surface area contributed by atoms with Gasteiger partial charge in [0.05, 0.1) is 16.7 Å². The molecule has 1 saturated carbocycles. The first-order chi connectivity index (χ1) is 13.5. The molecule has 1 fully saturated rings. The van der Waals surface area contributed by atoms with Crippen LogP contribution in [0.4, 0.5) is 0 Å². The van der Waals surface area contributed by atoms with Crippen molar-refractivity contribution in [2.24, 2.45) is 5.92 Å². The van der Waals surface area contributed by atoms with Crippen molar-refractivity contribution in [3.8, 4) is 23.7 Å². The monoisotopic (exact) mass is 413 g/mol. The number of carbonyl (C=O) groups is 1. The average molecular weight is 414 g/mol. The molecule has 3 rings (SSSR count). The van der Waals surface area contributed by atoms with E-state index in [0.717, 1.165) is 25.7 Å². The van der Waals surface area contributed by atoms with Crippen LogP contribution in [0.2, 0.25) is 10.2 Å². The van der Waals surface area contributed by atoms with Crippen LogP contribution >= 0.6 is 23.2 Å². The summed E-state index contributed by atoms with van der Waals surface area (Å²) in [6, 6.07) is 10.2. The molecule has 0 radical (unpaired) electrons. The second kappa shape index (κ2) is 9.55. The molecule has 2 aromatic rings. The van der Waals surface area contributed by atoms with E-state index in [0.29, 0.717) is 28.7 Å². The number of rotatable bonds is 4. The molecule has 0 aliphatic heterocycles. The van der Waals surface area contributed by atoms with Crippen LogP contribution in [-0.4, -0.2) is 22.1 Å². The molecule has 0 N–H and O–H groups in total. The molecule has 0 atom stereocenters. The summed E-state index contributed by atoms with van der Waals surface area (Å²) < 4.78 is 5.98. The molecule has 28 heavy (non-hydrogen) atoms. The predicted molar refractivity (Wildman–Crippen MR) is 106 cm³/mol. The number of nitriles is 1. The third kappa shape index (κ3) is 5.45. The third-order valence-corrected chi connectivity index (χ3v) is 5.13. The molecular formula is C21H17Cl2N3O2. The van der Waals surface area contributed by atoms with E-state index < -0.39 is 0 Å². The van der Waals surface area contributed by atoms with Crippen molar-refractivity contribution in [2.45, 2.75) is 38.2 Å². The van der Waals surface area contributed by atoms with E-state index in [-0.39, 0.29) is 22.7 Å². The van der Waals surface area contributed by atoms with Gasteiger partial charge in [-0.25, -0.2) is 0 Å². The lowest BCUT2D eigenvalue weighted by atomic mass is 9.85. The first kappa shape index (κ1) is 20.1. The molecule has 1 heterocycles. The highest BCUT2D eigenvalue weighted by Gasteiger charge is 2.22. The minimum Gasteiger partial charge on any atom is -0.490 e. The summed E-state index contributed by atoms with van der Waals surface area (Å²) in [6.45, 7) is 0. The molecule has 0 unspecified atom stereocenters. The van der Waals surface area contributed by atoms with Crippen molar-refractivity contribution in [2.75, 3.05) is 0 Å². The molecule has 1 aliphatic rings. The number of aromatic nitrogens is 2. The molecule has 0 saturated heterocycles. The van der Waals surface area contributed by atoms with Crippen molar-refractivity contribution in [3.05, 3.63) is 51.8 Å². The Morgan fingerprint density at radius 2 is 1.93 bits per heavy atom. The quantitative estimate of drug-likeness (QED) is 0.405. The van der Waals surface area contributed by atoms with E-state index >= 15 is 0 Å². The molecule has 142 valence electrons. The van der Waals surface area contributed by atoms with Crippen LogP contribution in [-0.2, 0) is 0 Å². The van der Waals surface area contributed by atoms with E-state index in [2.05, 4.69) is 22.0 Å². The van der Waals surface area contributed by atoms with E-state index in [1.165, 1.54) is 12.1 Å². The van der Waals surface area contributed by atoms with Crippen molar-refractivity contribution in [1.29, 1.82) is 5.26 Å². The molecule has 1 aliphatic carbocycles. The van der Waals surface area contributed by atoms with Crippen LogP contribution in [0.3, 0.4) is 0 Å². The number of ketones is 1. The first-order valence-corrected chi connectivity index (χ1v) is 9.69. The van der Waals surface area contributed by atoms with Crippen molar-refractivity contribution in [1.82, 2.24) is 10.2 Å². The Kier molecular flexibility index (Phi) is 6.87. The fraction of sp³-hybridized carbons (Fsp3) is 0.333. The molecule has 1 aromatic carbocycles. The maximum Gasteiger partial charge on any atom is 0.256 e. The molecule has 1 aromatic heterocycles. The zero-order chi connectivity index (χ0) is 19.9. The standard InChI is InChI=1S/C21H17Cl2N3O2/c22-18-12-17(9-6-15(18)13-24)28-16-7-4-14(5-8-16)2-1-3-20(27)19-10-11-21(23)26-25-19/h6,9-12,14,16H,2,4-5,7-8H2. The molecular weight excluding hydrogens is 397 g/mol. The van der Waals surface area contributed by atoms with E-state index in [9.17, 15) is 4.79 Å². The smallest absolute Gasteiger partial charge is 0.256 e. The van der Waals surface area contributed by atoms with Crippen molar-refractivity contribution in [3.63, 3.8) is 0 Å². The van der Waals surface area contributed by atoms with Gasteiger partial charge < -0.3 is 4.74 Å². The Labute approximate surface area is 173 Å². The van der Waals surface area contributed by atoms with Crippen molar-refractivity contribution >= 4 is 29.0 Å².